The molecule has 1 saturated heterocycles. The lowest BCUT2D eigenvalue weighted by Crippen LogP contribution is -2.39. The smallest absolute Gasteiger partial charge is 0.260 e. The summed E-state index contributed by atoms with van der Waals surface area (Å²) in [6.07, 6.45) is 3.96. The van der Waals surface area contributed by atoms with Crippen LogP contribution in [-0.4, -0.2) is 47.9 Å². The summed E-state index contributed by atoms with van der Waals surface area (Å²) >= 11 is 0. The maximum Gasteiger partial charge on any atom is 0.260 e. The molecule has 0 spiro atoms. The monoisotopic (exact) mass is 433 g/mol. The highest BCUT2D eigenvalue weighted by Crippen LogP contribution is 2.26. The van der Waals surface area contributed by atoms with E-state index in [2.05, 4.69) is 10.3 Å². The van der Waals surface area contributed by atoms with Crippen molar-refractivity contribution >= 4 is 11.8 Å². The summed E-state index contributed by atoms with van der Waals surface area (Å²) < 4.78 is 19.1. The molecule has 7 heteroatoms. The molecule has 0 unspecified atom stereocenters. The topological polar surface area (TPSA) is 71.5 Å². The zero-order valence-electron chi connectivity index (χ0n) is 17.5. The molecule has 1 N–H and O–H groups in total. The molecule has 0 aliphatic carbocycles. The Morgan fingerprint density at radius 1 is 1.09 bits per heavy atom. The van der Waals surface area contributed by atoms with E-state index in [0.29, 0.717) is 19.5 Å². The predicted octanol–water partition coefficient (Wildman–Crippen LogP) is 3.08. The Bertz CT molecular complexity index is 1090. The van der Waals surface area contributed by atoms with E-state index < -0.39 is 11.7 Å². The molecule has 3 aromatic rings. The maximum absolute atomic E-state index is 13.8. The van der Waals surface area contributed by atoms with Gasteiger partial charge >= 0.3 is 0 Å². The van der Waals surface area contributed by atoms with Crippen LogP contribution in [0.4, 0.5) is 4.39 Å². The quantitative estimate of drug-likeness (QED) is 0.649. The van der Waals surface area contributed by atoms with Crippen molar-refractivity contribution in [1.29, 1.82) is 0 Å². The lowest BCUT2D eigenvalue weighted by molar-refractivity contribution is -0.134. The van der Waals surface area contributed by atoms with Gasteiger partial charge in [-0.3, -0.25) is 14.6 Å². The molecule has 1 aliphatic heterocycles. The van der Waals surface area contributed by atoms with Crippen molar-refractivity contribution in [1.82, 2.24) is 15.2 Å². The van der Waals surface area contributed by atoms with Gasteiger partial charge in [-0.15, -0.1) is 0 Å². The summed E-state index contributed by atoms with van der Waals surface area (Å²) in [5.41, 5.74) is 3.08. The summed E-state index contributed by atoms with van der Waals surface area (Å²) in [7, 11) is 0. The number of benzene rings is 2. The zero-order valence-corrected chi connectivity index (χ0v) is 17.5. The van der Waals surface area contributed by atoms with Gasteiger partial charge in [-0.2, -0.15) is 0 Å². The maximum atomic E-state index is 13.8. The minimum absolute atomic E-state index is 0.0349. The van der Waals surface area contributed by atoms with Crippen molar-refractivity contribution in [3.8, 4) is 16.9 Å². The Balaban J connectivity index is 1.47. The molecular formula is C25H24FN3O3. The Kier molecular flexibility index (Phi) is 6.75. The second kappa shape index (κ2) is 10.0. The van der Waals surface area contributed by atoms with E-state index in [0.717, 1.165) is 16.7 Å². The van der Waals surface area contributed by atoms with Gasteiger partial charge in [0.2, 0.25) is 5.91 Å². The molecule has 4 rings (SSSR count). The molecule has 2 aromatic carbocycles. The van der Waals surface area contributed by atoms with E-state index in [1.165, 1.54) is 12.1 Å². The van der Waals surface area contributed by atoms with Crippen molar-refractivity contribution in [3.05, 3.63) is 84.4 Å². The fourth-order valence-corrected chi connectivity index (χ4v) is 3.85. The number of nitrogens with zero attached hydrogens (tertiary/aromatic N) is 2. The molecule has 1 aromatic heterocycles. The van der Waals surface area contributed by atoms with Crippen molar-refractivity contribution in [2.75, 3.05) is 26.2 Å². The highest BCUT2D eigenvalue weighted by molar-refractivity contribution is 5.83. The number of carbonyl (C=O) groups excluding carboxylic acids is 2. The van der Waals surface area contributed by atoms with Crippen LogP contribution in [0.3, 0.4) is 0 Å². The first-order valence-electron chi connectivity index (χ1n) is 10.5. The normalized spacial score (nSPS) is 16.2. The van der Waals surface area contributed by atoms with Gasteiger partial charge in [-0.25, -0.2) is 4.39 Å². The zero-order chi connectivity index (χ0) is 22.3. The average Bonchev–Trinajstić information content (AvgIpc) is 3.01. The van der Waals surface area contributed by atoms with E-state index in [1.54, 1.807) is 29.4 Å². The number of carbonyl (C=O) groups is 2. The van der Waals surface area contributed by atoms with Crippen molar-refractivity contribution < 1.29 is 18.7 Å². The number of para-hydroxylation sites is 1. The first-order chi connectivity index (χ1) is 15.6. The third kappa shape index (κ3) is 5.11. The number of halogens is 1. The SMILES string of the molecule is O=C1NCCN(C(=O)COc2ccccc2F)C[C@@H]1Cc1ccccc1-c1ccncc1. The standard InChI is InChI=1S/C25H24FN3O3/c26-22-7-3-4-8-23(22)32-17-24(30)29-14-13-28-25(31)20(16-29)15-19-5-1-2-6-21(19)18-9-11-27-12-10-18/h1-12,20H,13-17H2,(H,28,31)/t20-/m0/s1. The van der Waals surface area contributed by atoms with Gasteiger partial charge in [0.1, 0.15) is 0 Å². The van der Waals surface area contributed by atoms with Crippen LogP contribution in [0, 0.1) is 11.7 Å². The first-order valence-corrected chi connectivity index (χ1v) is 10.5. The van der Waals surface area contributed by atoms with Crippen LogP contribution in [0.15, 0.2) is 73.1 Å². The molecule has 0 bridgehead atoms. The minimum atomic E-state index is -0.515. The van der Waals surface area contributed by atoms with Gasteiger partial charge in [0, 0.05) is 32.0 Å². The van der Waals surface area contributed by atoms with E-state index in [-0.39, 0.29) is 30.7 Å². The van der Waals surface area contributed by atoms with Gasteiger partial charge in [0.05, 0.1) is 5.92 Å². The van der Waals surface area contributed by atoms with Crippen LogP contribution in [0.1, 0.15) is 5.56 Å². The van der Waals surface area contributed by atoms with Gasteiger partial charge in [0.15, 0.2) is 18.2 Å². The van der Waals surface area contributed by atoms with Crippen LogP contribution < -0.4 is 10.1 Å². The predicted molar refractivity (Wildman–Crippen MR) is 118 cm³/mol. The summed E-state index contributed by atoms with van der Waals surface area (Å²) in [5, 5.41) is 2.90. The third-order valence-electron chi connectivity index (χ3n) is 5.51. The minimum Gasteiger partial charge on any atom is -0.481 e. The second-order valence-corrected chi connectivity index (χ2v) is 7.64. The molecule has 2 heterocycles. The number of hydrogen-bond acceptors (Lipinski definition) is 4. The van der Waals surface area contributed by atoms with Gasteiger partial charge in [-0.1, -0.05) is 36.4 Å². The summed E-state index contributed by atoms with van der Waals surface area (Å²) in [4.78, 5) is 31.2. The number of amides is 2. The Morgan fingerprint density at radius 3 is 2.66 bits per heavy atom. The summed E-state index contributed by atoms with van der Waals surface area (Å²) in [6.45, 7) is 0.742. The van der Waals surface area contributed by atoms with E-state index >= 15 is 0 Å². The van der Waals surface area contributed by atoms with Gasteiger partial charge in [0.25, 0.3) is 5.91 Å². The van der Waals surface area contributed by atoms with Crippen LogP contribution in [0.25, 0.3) is 11.1 Å². The van der Waals surface area contributed by atoms with Gasteiger partial charge < -0.3 is 15.0 Å². The second-order valence-electron chi connectivity index (χ2n) is 7.64. The lowest BCUT2D eigenvalue weighted by atomic mass is 9.92. The molecule has 0 radical (unpaired) electrons. The number of pyridine rings is 1. The molecule has 0 saturated carbocycles. The van der Waals surface area contributed by atoms with E-state index in [4.69, 9.17) is 4.74 Å². The number of rotatable bonds is 6. The fourth-order valence-electron chi connectivity index (χ4n) is 3.85. The molecular weight excluding hydrogens is 409 g/mol. The highest BCUT2D eigenvalue weighted by atomic mass is 19.1. The number of ether oxygens (including phenoxy) is 1. The van der Waals surface area contributed by atoms with Crippen LogP contribution >= 0.6 is 0 Å². The molecule has 164 valence electrons. The molecule has 6 nitrogen and oxygen atoms in total. The molecule has 1 atom stereocenters. The average molecular weight is 433 g/mol. The summed E-state index contributed by atoms with van der Waals surface area (Å²) in [5.74, 6) is -1.25. The van der Waals surface area contributed by atoms with Crippen molar-refractivity contribution in [2.45, 2.75) is 6.42 Å². The highest BCUT2D eigenvalue weighted by Gasteiger charge is 2.28. The molecule has 2 amide bonds. The Hall–Kier alpha value is -3.74. The number of aromatic nitrogens is 1. The molecule has 1 fully saturated rings. The van der Waals surface area contributed by atoms with Crippen LogP contribution in [-0.2, 0) is 16.0 Å². The lowest BCUT2D eigenvalue weighted by Gasteiger charge is -2.24. The van der Waals surface area contributed by atoms with Crippen LogP contribution in [0.2, 0.25) is 0 Å². The Labute approximate surface area is 186 Å². The number of nitrogens with one attached hydrogen (secondary N) is 1. The third-order valence-corrected chi connectivity index (χ3v) is 5.51. The van der Waals surface area contributed by atoms with Crippen LogP contribution in [0.5, 0.6) is 5.75 Å². The van der Waals surface area contributed by atoms with Crippen molar-refractivity contribution in [3.63, 3.8) is 0 Å². The summed E-state index contributed by atoms with van der Waals surface area (Å²) in [6, 6.07) is 17.8. The van der Waals surface area contributed by atoms with E-state index in [1.807, 2.05) is 36.4 Å². The largest absolute Gasteiger partial charge is 0.481 e. The van der Waals surface area contributed by atoms with Crippen molar-refractivity contribution in [2.24, 2.45) is 5.92 Å². The van der Waals surface area contributed by atoms with Gasteiger partial charge in [-0.05, 0) is 47.4 Å². The van der Waals surface area contributed by atoms with E-state index in [9.17, 15) is 14.0 Å². The molecule has 32 heavy (non-hydrogen) atoms. The first kappa shape index (κ1) is 21.5. The molecule has 1 aliphatic rings. The number of hydrogen-bond donors (Lipinski definition) is 1. The Morgan fingerprint density at radius 2 is 1.84 bits per heavy atom. The fraction of sp³-hybridized carbons (Fsp3) is 0.240.